The number of fused-ring (bicyclic) bond motifs is 1. The first-order valence-electron chi connectivity index (χ1n) is 5.73. The molecule has 1 aliphatic rings. The first kappa shape index (κ1) is 11.8. The first-order chi connectivity index (χ1) is 9.26. The highest BCUT2D eigenvalue weighted by Gasteiger charge is 2.14. The predicted octanol–water partition coefficient (Wildman–Crippen LogP) is 2.84. The molecule has 2 aromatic carbocycles. The third kappa shape index (κ3) is 2.32. The summed E-state index contributed by atoms with van der Waals surface area (Å²) in [7, 11) is 0. The number of rotatable bonds is 3. The lowest BCUT2D eigenvalue weighted by molar-refractivity contribution is 0.174. The Morgan fingerprint density at radius 1 is 1.11 bits per heavy atom. The average molecular weight is 262 g/mol. The van der Waals surface area contributed by atoms with Crippen molar-refractivity contribution in [3.63, 3.8) is 0 Å². The Bertz CT molecular complexity index is 612. The van der Waals surface area contributed by atoms with Crippen LogP contribution < -0.4 is 14.2 Å². The Morgan fingerprint density at radius 2 is 1.95 bits per heavy atom. The van der Waals surface area contributed by atoms with Gasteiger partial charge in [0.05, 0.1) is 6.61 Å². The number of aliphatic hydroxyl groups excluding tert-OH is 1. The molecule has 3 rings (SSSR count). The van der Waals surface area contributed by atoms with Crippen molar-refractivity contribution in [3.05, 3.63) is 47.8 Å². The molecule has 19 heavy (non-hydrogen) atoms. The minimum absolute atomic E-state index is 0.0936. The van der Waals surface area contributed by atoms with Crippen LogP contribution in [0.1, 0.15) is 5.56 Å². The summed E-state index contributed by atoms with van der Waals surface area (Å²) in [5, 5.41) is 8.91. The number of hydrogen-bond acceptors (Lipinski definition) is 4. The molecule has 1 aliphatic heterocycles. The third-order valence-electron chi connectivity index (χ3n) is 2.75. The maximum atomic E-state index is 13.7. The summed E-state index contributed by atoms with van der Waals surface area (Å²) in [6.07, 6.45) is 0. The molecule has 0 atom stereocenters. The molecule has 0 saturated heterocycles. The van der Waals surface area contributed by atoms with Gasteiger partial charge in [-0.05, 0) is 29.8 Å². The molecule has 0 saturated carbocycles. The smallest absolute Gasteiger partial charge is 0.231 e. The molecule has 5 heteroatoms. The molecule has 0 amide bonds. The van der Waals surface area contributed by atoms with E-state index in [-0.39, 0.29) is 19.1 Å². The topological polar surface area (TPSA) is 47.9 Å². The molecule has 2 aromatic rings. The van der Waals surface area contributed by atoms with E-state index in [2.05, 4.69) is 0 Å². The van der Waals surface area contributed by atoms with Gasteiger partial charge in [-0.2, -0.15) is 0 Å². The van der Waals surface area contributed by atoms with E-state index in [1.54, 1.807) is 24.3 Å². The number of benzene rings is 2. The summed E-state index contributed by atoms with van der Waals surface area (Å²) < 4.78 is 29.5. The first-order valence-corrected chi connectivity index (χ1v) is 5.73. The van der Waals surface area contributed by atoms with Gasteiger partial charge in [0.25, 0.3) is 0 Å². The fourth-order valence-electron chi connectivity index (χ4n) is 1.79. The molecule has 1 heterocycles. The quantitative estimate of drug-likeness (QED) is 0.924. The van der Waals surface area contributed by atoms with Crippen LogP contribution in [0.2, 0.25) is 0 Å². The zero-order chi connectivity index (χ0) is 13.2. The van der Waals surface area contributed by atoms with Gasteiger partial charge in [0, 0.05) is 6.07 Å². The van der Waals surface area contributed by atoms with E-state index in [0.717, 1.165) is 0 Å². The van der Waals surface area contributed by atoms with E-state index in [4.69, 9.17) is 19.3 Å². The van der Waals surface area contributed by atoms with Gasteiger partial charge in [0.2, 0.25) is 6.79 Å². The third-order valence-corrected chi connectivity index (χ3v) is 2.75. The molecule has 1 N–H and O–H groups in total. The number of aliphatic hydroxyl groups is 1. The largest absolute Gasteiger partial charge is 0.454 e. The van der Waals surface area contributed by atoms with Crippen molar-refractivity contribution in [3.8, 4) is 23.0 Å². The van der Waals surface area contributed by atoms with E-state index >= 15 is 0 Å². The van der Waals surface area contributed by atoms with Crippen molar-refractivity contribution in [2.45, 2.75) is 6.61 Å². The Kier molecular flexibility index (Phi) is 2.97. The molecule has 98 valence electrons. The van der Waals surface area contributed by atoms with Crippen LogP contribution >= 0.6 is 0 Å². The number of hydrogen-bond donors (Lipinski definition) is 1. The lowest BCUT2D eigenvalue weighted by Gasteiger charge is -2.08. The van der Waals surface area contributed by atoms with E-state index in [9.17, 15) is 4.39 Å². The highest BCUT2D eigenvalue weighted by molar-refractivity contribution is 5.48. The maximum Gasteiger partial charge on any atom is 0.231 e. The second-order valence-electron chi connectivity index (χ2n) is 4.04. The molecule has 0 aromatic heterocycles. The Hall–Kier alpha value is -2.27. The van der Waals surface area contributed by atoms with Crippen LogP contribution in [0.25, 0.3) is 0 Å². The van der Waals surface area contributed by atoms with Gasteiger partial charge in [-0.1, -0.05) is 6.07 Å². The summed E-state index contributed by atoms with van der Waals surface area (Å²) in [5.74, 6) is 1.24. The number of halogens is 1. The lowest BCUT2D eigenvalue weighted by Crippen LogP contribution is -1.93. The van der Waals surface area contributed by atoms with Gasteiger partial charge in [-0.15, -0.1) is 0 Å². The Labute approximate surface area is 109 Å². The zero-order valence-corrected chi connectivity index (χ0v) is 9.93. The van der Waals surface area contributed by atoms with Crippen LogP contribution in [0.3, 0.4) is 0 Å². The predicted molar refractivity (Wildman–Crippen MR) is 65.0 cm³/mol. The van der Waals surface area contributed by atoms with Crippen LogP contribution in [0.15, 0.2) is 36.4 Å². The van der Waals surface area contributed by atoms with Crippen molar-refractivity contribution in [1.29, 1.82) is 0 Å². The maximum absolute atomic E-state index is 13.7. The van der Waals surface area contributed by atoms with E-state index in [0.29, 0.717) is 22.8 Å². The lowest BCUT2D eigenvalue weighted by atomic mass is 10.2. The second-order valence-corrected chi connectivity index (χ2v) is 4.04. The fraction of sp³-hybridized carbons (Fsp3) is 0.143. The summed E-state index contributed by atoms with van der Waals surface area (Å²) in [4.78, 5) is 0. The van der Waals surface area contributed by atoms with Gasteiger partial charge < -0.3 is 19.3 Å². The Morgan fingerprint density at radius 3 is 2.74 bits per heavy atom. The van der Waals surface area contributed by atoms with E-state index < -0.39 is 5.82 Å². The molecular formula is C14H11FO4. The van der Waals surface area contributed by atoms with Crippen LogP contribution in [-0.4, -0.2) is 11.9 Å². The second kappa shape index (κ2) is 4.78. The summed E-state index contributed by atoms with van der Waals surface area (Å²) >= 11 is 0. The molecule has 0 fully saturated rings. The van der Waals surface area contributed by atoms with Crippen molar-refractivity contribution in [2.24, 2.45) is 0 Å². The minimum atomic E-state index is -0.524. The van der Waals surface area contributed by atoms with Crippen molar-refractivity contribution in [2.75, 3.05) is 6.79 Å². The molecule has 0 unspecified atom stereocenters. The number of ether oxygens (including phenoxy) is 3. The van der Waals surface area contributed by atoms with Crippen molar-refractivity contribution in [1.82, 2.24) is 0 Å². The van der Waals surface area contributed by atoms with Gasteiger partial charge in [0.1, 0.15) is 5.75 Å². The standard InChI is InChI=1S/C14H11FO4/c15-11-5-9(7-16)1-3-12(11)19-10-2-4-13-14(6-10)18-8-17-13/h1-6,16H,7-8H2. The monoisotopic (exact) mass is 262 g/mol. The van der Waals surface area contributed by atoms with Crippen molar-refractivity contribution < 1.29 is 23.7 Å². The fourth-order valence-corrected chi connectivity index (χ4v) is 1.79. The van der Waals surface area contributed by atoms with Crippen LogP contribution in [0.4, 0.5) is 4.39 Å². The summed E-state index contributed by atoms with van der Waals surface area (Å²) in [6, 6.07) is 9.34. The van der Waals surface area contributed by atoms with Crippen LogP contribution in [-0.2, 0) is 6.61 Å². The van der Waals surface area contributed by atoms with Gasteiger partial charge >= 0.3 is 0 Å². The van der Waals surface area contributed by atoms with Crippen LogP contribution in [0.5, 0.6) is 23.0 Å². The van der Waals surface area contributed by atoms with Crippen molar-refractivity contribution >= 4 is 0 Å². The molecule has 0 aliphatic carbocycles. The molecule has 4 nitrogen and oxygen atoms in total. The van der Waals surface area contributed by atoms with E-state index in [1.165, 1.54) is 12.1 Å². The molecule has 0 radical (unpaired) electrons. The summed E-state index contributed by atoms with van der Waals surface area (Å²) in [5.41, 5.74) is 0.496. The van der Waals surface area contributed by atoms with Crippen LogP contribution in [0, 0.1) is 5.82 Å². The zero-order valence-electron chi connectivity index (χ0n) is 9.93. The molecular weight excluding hydrogens is 251 g/mol. The highest BCUT2D eigenvalue weighted by Crippen LogP contribution is 2.37. The molecule has 0 spiro atoms. The average Bonchev–Trinajstić information content (AvgIpc) is 2.88. The minimum Gasteiger partial charge on any atom is -0.454 e. The van der Waals surface area contributed by atoms with Gasteiger partial charge in [-0.25, -0.2) is 4.39 Å². The SMILES string of the molecule is OCc1ccc(Oc2ccc3c(c2)OCO3)c(F)c1. The highest BCUT2D eigenvalue weighted by atomic mass is 19.1. The van der Waals surface area contributed by atoms with Gasteiger partial charge in [0.15, 0.2) is 23.1 Å². The van der Waals surface area contributed by atoms with Gasteiger partial charge in [-0.3, -0.25) is 0 Å². The summed E-state index contributed by atoms with van der Waals surface area (Å²) in [6.45, 7) is -0.0282. The molecule has 0 bridgehead atoms. The van der Waals surface area contributed by atoms with E-state index in [1.807, 2.05) is 0 Å². The normalized spacial score (nSPS) is 12.5. The Balaban J connectivity index is 1.85.